The van der Waals surface area contributed by atoms with Crippen molar-refractivity contribution in [1.82, 2.24) is 15.4 Å². The summed E-state index contributed by atoms with van der Waals surface area (Å²) >= 11 is 0. The molecule has 174 valence electrons. The lowest BCUT2D eigenvalue weighted by molar-refractivity contribution is 0.0162. The van der Waals surface area contributed by atoms with Gasteiger partial charge in [0.25, 0.3) is 5.91 Å². The molecule has 1 unspecified atom stereocenters. The van der Waals surface area contributed by atoms with Gasteiger partial charge in [-0.15, -0.1) is 0 Å². The van der Waals surface area contributed by atoms with Crippen LogP contribution in [0.2, 0.25) is 0 Å². The van der Waals surface area contributed by atoms with Crippen molar-refractivity contribution in [2.24, 2.45) is 0 Å². The van der Waals surface area contributed by atoms with E-state index >= 15 is 0 Å². The van der Waals surface area contributed by atoms with Crippen LogP contribution in [0.5, 0.6) is 11.5 Å². The highest BCUT2D eigenvalue weighted by Gasteiger charge is 2.24. The molecule has 8 heteroatoms. The van der Waals surface area contributed by atoms with Crippen LogP contribution in [-0.4, -0.2) is 62.5 Å². The summed E-state index contributed by atoms with van der Waals surface area (Å²) in [7, 11) is 1.65. The molecule has 33 heavy (non-hydrogen) atoms. The van der Waals surface area contributed by atoms with Crippen LogP contribution in [0.25, 0.3) is 11.3 Å². The maximum Gasteiger partial charge on any atom is 0.273 e. The zero-order valence-corrected chi connectivity index (χ0v) is 19.0. The Labute approximate surface area is 193 Å². The summed E-state index contributed by atoms with van der Waals surface area (Å²) in [6.07, 6.45) is 0. The predicted molar refractivity (Wildman–Crippen MR) is 124 cm³/mol. The van der Waals surface area contributed by atoms with E-state index in [0.29, 0.717) is 32.1 Å². The van der Waals surface area contributed by atoms with E-state index in [4.69, 9.17) is 18.7 Å². The molecular formula is C25H29N3O5. The van der Waals surface area contributed by atoms with Crippen LogP contribution in [0.15, 0.2) is 59.1 Å². The van der Waals surface area contributed by atoms with Crippen LogP contribution in [-0.2, 0) is 4.74 Å². The number of carbonyl (C=O) groups excluding carboxylic acids is 1. The number of amides is 1. The number of hydrogen-bond donors (Lipinski definition) is 1. The molecule has 2 aromatic carbocycles. The van der Waals surface area contributed by atoms with Crippen LogP contribution in [0, 0.1) is 0 Å². The maximum absolute atomic E-state index is 12.8. The molecule has 2 heterocycles. The highest BCUT2D eigenvalue weighted by Crippen LogP contribution is 2.25. The molecule has 1 saturated heterocycles. The molecule has 4 rings (SSSR count). The standard InChI is InChI=1S/C25H29N3O5/c1-3-32-21-10-6-19(7-11-21)24-16-22(27-33-24)25(29)26-17-23(28-12-14-31-15-13-28)18-4-8-20(30-2)9-5-18/h4-11,16,23H,3,12-15,17H2,1-2H3,(H,26,29). The number of hydrogen-bond acceptors (Lipinski definition) is 7. The molecule has 1 atom stereocenters. The van der Waals surface area contributed by atoms with Crippen molar-refractivity contribution in [2.75, 3.05) is 46.6 Å². The van der Waals surface area contributed by atoms with Crippen molar-refractivity contribution in [2.45, 2.75) is 13.0 Å². The Morgan fingerprint density at radius 2 is 1.79 bits per heavy atom. The summed E-state index contributed by atoms with van der Waals surface area (Å²) in [6, 6.07) is 17.1. The van der Waals surface area contributed by atoms with Crippen LogP contribution in [0.4, 0.5) is 0 Å². The van der Waals surface area contributed by atoms with Crippen molar-refractivity contribution >= 4 is 5.91 Å². The lowest BCUT2D eigenvalue weighted by atomic mass is 10.0. The summed E-state index contributed by atoms with van der Waals surface area (Å²) in [5, 5.41) is 6.99. The van der Waals surface area contributed by atoms with Gasteiger partial charge in [0.1, 0.15) is 11.5 Å². The fourth-order valence-electron chi connectivity index (χ4n) is 3.85. The minimum atomic E-state index is -0.275. The van der Waals surface area contributed by atoms with Gasteiger partial charge in [0.2, 0.25) is 0 Å². The number of morpholine rings is 1. The first-order valence-corrected chi connectivity index (χ1v) is 11.1. The molecular weight excluding hydrogens is 422 g/mol. The van der Waals surface area contributed by atoms with E-state index in [1.165, 1.54) is 0 Å². The van der Waals surface area contributed by atoms with Crippen LogP contribution in [0.1, 0.15) is 29.0 Å². The van der Waals surface area contributed by atoms with Gasteiger partial charge in [-0.3, -0.25) is 9.69 Å². The Balaban J connectivity index is 1.43. The van der Waals surface area contributed by atoms with E-state index in [2.05, 4.69) is 15.4 Å². The van der Waals surface area contributed by atoms with Crippen molar-refractivity contribution in [3.05, 3.63) is 65.9 Å². The summed E-state index contributed by atoms with van der Waals surface area (Å²) in [5.41, 5.74) is 2.18. The molecule has 1 aliphatic heterocycles. The molecule has 1 fully saturated rings. The minimum Gasteiger partial charge on any atom is -0.497 e. The first kappa shape index (κ1) is 22.8. The largest absolute Gasteiger partial charge is 0.497 e. The van der Waals surface area contributed by atoms with Gasteiger partial charge in [0.15, 0.2) is 11.5 Å². The third-order valence-corrected chi connectivity index (χ3v) is 5.64. The fourth-order valence-corrected chi connectivity index (χ4v) is 3.85. The van der Waals surface area contributed by atoms with E-state index in [1.54, 1.807) is 13.2 Å². The number of aromatic nitrogens is 1. The third-order valence-electron chi connectivity index (χ3n) is 5.64. The van der Waals surface area contributed by atoms with Gasteiger partial charge in [-0.25, -0.2) is 0 Å². The molecule has 0 radical (unpaired) electrons. The Kier molecular flexibility index (Phi) is 7.59. The van der Waals surface area contributed by atoms with Crippen molar-refractivity contribution in [1.29, 1.82) is 0 Å². The summed E-state index contributed by atoms with van der Waals surface area (Å²) < 4.78 is 21.7. The summed E-state index contributed by atoms with van der Waals surface area (Å²) in [5.74, 6) is 1.84. The number of methoxy groups -OCH3 is 1. The lowest BCUT2D eigenvalue weighted by Crippen LogP contribution is -2.43. The van der Waals surface area contributed by atoms with E-state index in [9.17, 15) is 4.79 Å². The third kappa shape index (κ3) is 5.71. The van der Waals surface area contributed by atoms with E-state index in [1.807, 2.05) is 55.5 Å². The quantitative estimate of drug-likeness (QED) is 0.532. The van der Waals surface area contributed by atoms with Gasteiger partial charge >= 0.3 is 0 Å². The second kappa shape index (κ2) is 11.0. The Morgan fingerprint density at radius 3 is 2.45 bits per heavy atom. The minimum absolute atomic E-state index is 0.0150. The monoisotopic (exact) mass is 451 g/mol. The molecule has 8 nitrogen and oxygen atoms in total. The zero-order chi connectivity index (χ0) is 23.0. The van der Waals surface area contributed by atoms with E-state index in [0.717, 1.165) is 35.7 Å². The van der Waals surface area contributed by atoms with E-state index < -0.39 is 0 Å². The van der Waals surface area contributed by atoms with Crippen LogP contribution in [0.3, 0.4) is 0 Å². The SMILES string of the molecule is CCOc1ccc(-c2cc(C(=O)NCC(c3ccc(OC)cc3)N3CCOCC3)no2)cc1. The molecule has 0 saturated carbocycles. The number of benzene rings is 2. The van der Waals surface area contributed by atoms with Gasteiger partial charge in [0, 0.05) is 31.3 Å². The van der Waals surface area contributed by atoms with Gasteiger partial charge in [0.05, 0.1) is 33.0 Å². The second-order valence-electron chi connectivity index (χ2n) is 7.68. The predicted octanol–water partition coefficient (Wildman–Crippen LogP) is 3.55. The molecule has 0 bridgehead atoms. The number of nitrogens with zero attached hydrogens (tertiary/aromatic N) is 2. The Morgan fingerprint density at radius 1 is 1.09 bits per heavy atom. The number of ether oxygens (including phenoxy) is 3. The fraction of sp³-hybridized carbons (Fsp3) is 0.360. The van der Waals surface area contributed by atoms with E-state index in [-0.39, 0.29) is 17.6 Å². The Hall–Kier alpha value is -3.36. The summed E-state index contributed by atoms with van der Waals surface area (Å²) in [4.78, 5) is 15.1. The number of rotatable bonds is 9. The lowest BCUT2D eigenvalue weighted by Gasteiger charge is -2.34. The average molecular weight is 452 g/mol. The van der Waals surface area contributed by atoms with Gasteiger partial charge < -0.3 is 24.1 Å². The smallest absolute Gasteiger partial charge is 0.273 e. The molecule has 1 aromatic heterocycles. The molecule has 1 aliphatic rings. The van der Waals surface area contributed by atoms with Crippen molar-refractivity contribution < 1.29 is 23.5 Å². The van der Waals surface area contributed by atoms with Crippen molar-refractivity contribution in [3.63, 3.8) is 0 Å². The number of nitrogens with one attached hydrogen (secondary N) is 1. The topological polar surface area (TPSA) is 86.1 Å². The highest BCUT2D eigenvalue weighted by atomic mass is 16.5. The normalized spacial score (nSPS) is 15.1. The van der Waals surface area contributed by atoms with Crippen LogP contribution >= 0.6 is 0 Å². The maximum atomic E-state index is 12.8. The average Bonchev–Trinajstić information content (AvgIpc) is 3.36. The first-order chi connectivity index (χ1) is 16.2. The van der Waals surface area contributed by atoms with Gasteiger partial charge in [-0.05, 0) is 48.9 Å². The Bertz CT molecular complexity index is 1030. The zero-order valence-electron chi connectivity index (χ0n) is 19.0. The molecule has 3 aromatic rings. The molecule has 1 amide bonds. The van der Waals surface area contributed by atoms with Gasteiger partial charge in [-0.1, -0.05) is 17.3 Å². The summed E-state index contributed by atoms with van der Waals surface area (Å²) in [6.45, 7) is 5.94. The molecule has 0 spiro atoms. The highest BCUT2D eigenvalue weighted by molar-refractivity contribution is 5.93. The number of carbonyl (C=O) groups is 1. The second-order valence-corrected chi connectivity index (χ2v) is 7.68. The molecule has 0 aliphatic carbocycles. The van der Waals surface area contributed by atoms with Gasteiger partial charge in [-0.2, -0.15) is 0 Å². The van der Waals surface area contributed by atoms with Crippen LogP contribution < -0.4 is 14.8 Å². The first-order valence-electron chi connectivity index (χ1n) is 11.1. The molecule has 1 N–H and O–H groups in total. The van der Waals surface area contributed by atoms with Crippen molar-refractivity contribution in [3.8, 4) is 22.8 Å².